The number of amides is 1. The lowest BCUT2D eigenvalue weighted by Crippen LogP contribution is -2.40. The van der Waals surface area contributed by atoms with Gasteiger partial charge in [0, 0.05) is 19.2 Å². The fraction of sp³-hybridized carbons (Fsp3) is 0.471. The minimum absolute atomic E-state index is 0.107. The molecule has 8 heteroatoms. The summed E-state index contributed by atoms with van der Waals surface area (Å²) >= 11 is 0. The number of aliphatic hydroxyl groups is 1. The number of carbonyl (C=O) groups is 1. The smallest absolute Gasteiger partial charge is 0.244 e. The van der Waals surface area contributed by atoms with Crippen molar-refractivity contribution in [1.82, 2.24) is 9.62 Å². The van der Waals surface area contributed by atoms with E-state index in [1.165, 1.54) is 22.5 Å². The first kappa shape index (κ1) is 19.6. The lowest BCUT2D eigenvalue weighted by atomic mass is 10.2. The highest BCUT2D eigenvalue weighted by Crippen LogP contribution is 2.18. The number of nitrogens with one attached hydrogen (secondary N) is 1. The predicted molar refractivity (Wildman–Crippen MR) is 94.4 cm³/mol. The Labute approximate surface area is 148 Å². The summed E-state index contributed by atoms with van der Waals surface area (Å²) in [7, 11) is -3.51. The van der Waals surface area contributed by atoms with Crippen molar-refractivity contribution in [2.24, 2.45) is 0 Å². The van der Waals surface area contributed by atoms with E-state index in [4.69, 9.17) is 9.84 Å². The number of rotatable bonds is 7. The summed E-state index contributed by atoms with van der Waals surface area (Å²) in [5.41, 5.74) is 0.716. The summed E-state index contributed by atoms with van der Waals surface area (Å²) in [5.74, 6) is -0.300. The SMILES string of the molecule is CC[C@@H](CO)NC(=O)/C=C/c1ccc(S(=O)(=O)N2CCOCC2)cc1. The van der Waals surface area contributed by atoms with Crippen molar-refractivity contribution in [3.63, 3.8) is 0 Å². The van der Waals surface area contributed by atoms with Crippen LogP contribution in [0.1, 0.15) is 18.9 Å². The normalized spacial score (nSPS) is 17.5. The molecular weight excluding hydrogens is 344 g/mol. The van der Waals surface area contributed by atoms with Gasteiger partial charge in [0.15, 0.2) is 0 Å². The van der Waals surface area contributed by atoms with Gasteiger partial charge in [-0.1, -0.05) is 19.1 Å². The van der Waals surface area contributed by atoms with Crippen molar-refractivity contribution in [1.29, 1.82) is 0 Å². The maximum Gasteiger partial charge on any atom is 0.244 e. The van der Waals surface area contributed by atoms with Crippen molar-refractivity contribution >= 4 is 22.0 Å². The van der Waals surface area contributed by atoms with Crippen LogP contribution in [-0.2, 0) is 19.6 Å². The van der Waals surface area contributed by atoms with E-state index in [1.807, 2.05) is 6.92 Å². The molecule has 1 amide bonds. The molecule has 1 aliphatic rings. The second-order valence-corrected chi connectivity index (χ2v) is 7.65. The zero-order chi connectivity index (χ0) is 18.3. The van der Waals surface area contributed by atoms with Crippen LogP contribution in [0.4, 0.5) is 0 Å². The van der Waals surface area contributed by atoms with Gasteiger partial charge in [0.2, 0.25) is 15.9 Å². The van der Waals surface area contributed by atoms with Crippen LogP contribution in [0.3, 0.4) is 0 Å². The Kier molecular flexibility index (Phi) is 7.12. The van der Waals surface area contributed by atoms with Crippen molar-refractivity contribution in [2.75, 3.05) is 32.9 Å². The summed E-state index contributed by atoms with van der Waals surface area (Å²) in [6, 6.07) is 6.11. The second-order valence-electron chi connectivity index (χ2n) is 5.72. The van der Waals surface area contributed by atoms with Gasteiger partial charge in [0.25, 0.3) is 0 Å². The first-order valence-electron chi connectivity index (χ1n) is 8.24. The maximum absolute atomic E-state index is 12.5. The van der Waals surface area contributed by atoms with Gasteiger partial charge in [0.1, 0.15) is 0 Å². The van der Waals surface area contributed by atoms with E-state index >= 15 is 0 Å². The van der Waals surface area contributed by atoms with Crippen LogP contribution in [0.15, 0.2) is 35.2 Å². The van der Waals surface area contributed by atoms with Gasteiger partial charge in [-0.05, 0) is 30.2 Å². The fourth-order valence-electron chi connectivity index (χ4n) is 2.38. The van der Waals surface area contributed by atoms with Crippen LogP contribution < -0.4 is 5.32 Å². The summed E-state index contributed by atoms with van der Waals surface area (Å²) in [6.07, 6.45) is 3.61. The van der Waals surface area contributed by atoms with Crippen LogP contribution in [-0.4, -0.2) is 62.7 Å². The zero-order valence-corrected chi connectivity index (χ0v) is 15.0. The van der Waals surface area contributed by atoms with Crippen molar-refractivity contribution < 1.29 is 23.1 Å². The largest absolute Gasteiger partial charge is 0.394 e. The van der Waals surface area contributed by atoms with Crippen LogP contribution in [0.25, 0.3) is 6.08 Å². The monoisotopic (exact) mass is 368 g/mol. The van der Waals surface area contributed by atoms with E-state index in [2.05, 4.69) is 5.32 Å². The summed E-state index contributed by atoms with van der Waals surface area (Å²) in [5, 5.41) is 11.7. The Bertz CT molecular complexity index is 690. The molecule has 2 N–H and O–H groups in total. The van der Waals surface area contributed by atoms with Crippen LogP contribution in [0, 0.1) is 0 Å². The Morgan fingerprint density at radius 3 is 2.52 bits per heavy atom. The molecule has 2 rings (SSSR count). The summed E-state index contributed by atoms with van der Waals surface area (Å²) in [4.78, 5) is 12.0. The number of hydrogen-bond donors (Lipinski definition) is 2. The molecule has 0 aromatic heterocycles. The van der Waals surface area contributed by atoms with Gasteiger partial charge in [-0.3, -0.25) is 4.79 Å². The third-order valence-electron chi connectivity index (χ3n) is 3.97. The highest BCUT2D eigenvalue weighted by molar-refractivity contribution is 7.89. The number of sulfonamides is 1. The molecule has 1 aromatic rings. The number of benzene rings is 1. The zero-order valence-electron chi connectivity index (χ0n) is 14.2. The molecule has 7 nitrogen and oxygen atoms in total. The molecule has 1 saturated heterocycles. The van der Waals surface area contributed by atoms with Gasteiger partial charge < -0.3 is 15.2 Å². The van der Waals surface area contributed by atoms with Gasteiger partial charge in [-0.15, -0.1) is 0 Å². The Hall–Kier alpha value is -1.74. The molecule has 138 valence electrons. The number of hydrogen-bond acceptors (Lipinski definition) is 5. The molecule has 0 spiro atoms. The van der Waals surface area contributed by atoms with E-state index in [0.29, 0.717) is 38.3 Å². The lowest BCUT2D eigenvalue weighted by Gasteiger charge is -2.26. The average Bonchev–Trinajstić information content (AvgIpc) is 2.65. The van der Waals surface area contributed by atoms with Gasteiger partial charge >= 0.3 is 0 Å². The summed E-state index contributed by atoms with van der Waals surface area (Å²) in [6.45, 7) is 3.29. The topological polar surface area (TPSA) is 95.9 Å². The lowest BCUT2D eigenvalue weighted by molar-refractivity contribution is -0.117. The molecule has 0 radical (unpaired) electrons. The minimum atomic E-state index is -3.51. The number of carbonyl (C=O) groups excluding carboxylic acids is 1. The van der Waals surface area contributed by atoms with E-state index < -0.39 is 10.0 Å². The Balaban J connectivity index is 2.02. The average molecular weight is 368 g/mol. The third-order valence-corrected chi connectivity index (χ3v) is 5.89. The van der Waals surface area contributed by atoms with Crippen molar-refractivity contribution in [3.05, 3.63) is 35.9 Å². The van der Waals surface area contributed by atoms with E-state index in [1.54, 1.807) is 18.2 Å². The molecule has 1 aromatic carbocycles. The highest BCUT2D eigenvalue weighted by Gasteiger charge is 2.25. The first-order valence-corrected chi connectivity index (χ1v) is 9.68. The quantitative estimate of drug-likeness (QED) is 0.688. The van der Waals surface area contributed by atoms with Gasteiger partial charge in [0.05, 0.1) is 30.8 Å². The Morgan fingerprint density at radius 1 is 1.32 bits per heavy atom. The molecule has 25 heavy (non-hydrogen) atoms. The number of morpholine rings is 1. The minimum Gasteiger partial charge on any atom is -0.394 e. The van der Waals surface area contributed by atoms with Gasteiger partial charge in [-0.2, -0.15) is 4.31 Å². The van der Waals surface area contributed by atoms with E-state index in [-0.39, 0.29) is 23.5 Å². The molecular formula is C17H24N2O5S. The molecule has 0 saturated carbocycles. The van der Waals surface area contributed by atoms with Crippen LogP contribution in [0.5, 0.6) is 0 Å². The summed E-state index contributed by atoms with van der Waals surface area (Å²) < 4.78 is 31.6. The van der Waals surface area contributed by atoms with Gasteiger partial charge in [-0.25, -0.2) is 8.42 Å². The molecule has 1 fully saturated rings. The fourth-order valence-corrected chi connectivity index (χ4v) is 3.79. The first-order chi connectivity index (χ1) is 12.0. The van der Waals surface area contributed by atoms with Crippen LogP contribution in [0.2, 0.25) is 0 Å². The van der Waals surface area contributed by atoms with E-state index in [0.717, 1.165) is 0 Å². The molecule has 1 atom stereocenters. The van der Waals surface area contributed by atoms with Crippen molar-refractivity contribution in [3.8, 4) is 0 Å². The molecule has 1 aliphatic heterocycles. The number of ether oxygens (including phenoxy) is 1. The van der Waals surface area contributed by atoms with Crippen LogP contribution >= 0.6 is 0 Å². The standard InChI is InChI=1S/C17H24N2O5S/c1-2-15(13-20)18-17(21)8-5-14-3-6-16(7-4-14)25(22,23)19-9-11-24-12-10-19/h3-8,15,20H,2,9-13H2,1H3,(H,18,21)/b8-5+/t15-/m0/s1. The predicted octanol–water partition coefficient (Wildman–Crippen LogP) is 0.608. The molecule has 0 bridgehead atoms. The third kappa shape index (κ3) is 5.37. The Morgan fingerprint density at radius 2 is 1.96 bits per heavy atom. The molecule has 0 aliphatic carbocycles. The van der Waals surface area contributed by atoms with Crippen molar-refractivity contribution in [2.45, 2.75) is 24.3 Å². The van der Waals surface area contributed by atoms with E-state index in [9.17, 15) is 13.2 Å². The maximum atomic E-state index is 12.5. The number of aliphatic hydroxyl groups excluding tert-OH is 1. The molecule has 1 heterocycles. The molecule has 0 unspecified atom stereocenters. The second kappa shape index (κ2) is 9.10. The highest BCUT2D eigenvalue weighted by atomic mass is 32.2. The number of nitrogens with zero attached hydrogens (tertiary/aromatic N) is 1.